The van der Waals surface area contributed by atoms with Crippen LogP contribution >= 0.6 is 0 Å². The molecule has 72 valence electrons. The van der Waals surface area contributed by atoms with Crippen molar-refractivity contribution in [2.24, 2.45) is 5.92 Å². The summed E-state index contributed by atoms with van der Waals surface area (Å²) in [6, 6.07) is 0. The Morgan fingerprint density at radius 3 is 2.67 bits per heavy atom. The van der Waals surface area contributed by atoms with Gasteiger partial charge in [0.25, 0.3) is 0 Å². The van der Waals surface area contributed by atoms with E-state index in [0.29, 0.717) is 0 Å². The molecule has 0 saturated carbocycles. The maximum atomic E-state index is 10.6. The monoisotopic (exact) mass is 195 g/mol. The first-order valence-corrected chi connectivity index (χ1v) is 4.35. The third-order valence-corrected chi connectivity index (χ3v) is 1.52. The van der Waals surface area contributed by atoms with Gasteiger partial charge in [0, 0.05) is 0 Å². The minimum Gasteiger partial charge on any atom is -0.750 e. The molecule has 5 nitrogen and oxygen atoms in total. The molecule has 0 aromatic heterocycles. The molecule has 0 rings (SSSR count). The molecule has 0 bridgehead atoms. The van der Waals surface area contributed by atoms with Crippen LogP contribution in [-0.2, 0) is 25.1 Å². The quantitative estimate of drug-likeness (QED) is 0.455. The van der Waals surface area contributed by atoms with E-state index < -0.39 is 11.4 Å². The van der Waals surface area contributed by atoms with Gasteiger partial charge in [0.1, 0.15) is 0 Å². The second kappa shape index (κ2) is 6.10. The fourth-order valence-corrected chi connectivity index (χ4v) is 0.942. The van der Waals surface area contributed by atoms with E-state index in [0.717, 1.165) is 0 Å². The molecule has 0 spiro atoms. The van der Waals surface area contributed by atoms with Crippen molar-refractivity contribution in [1.82, 2.24) is 0 Å². The third-order valence-electron chi connectivity index (χ3n) is 1.19. The van der Waals surface area contributed by atoms with Crippen molar-refractivity contribution in [2.45, 2.75) is 13.3 Å². The van der Waals surface area contributed by atoms with Crippen LogP contribution < -0.4 is 0 Å². The Morgan fingerprint density at radius 1 is 1.67 bits per heavy atom. The van der Waals surface area contributed by atoms with Gasteiger partial charge in [0.2, 0.25) is 0 Å². The van der Waals surface area contributed by atoms with Crippen LogP contribution in [-0.4, -0.2) is 28.4 Å². The molecular formula is C6H11O5S-. The van der Waals surface area contributed by atoms with Crippen LogP contribution in [0.4, 0.5) is 0 Å². The van der Waals surface area contributed by atoms with E-state index in [4.69, 9.17) is 0 Å². The lowest BCUT2D eigenvalue weighted by Crippen LogP contribution is -2.13. The molecule has 12 heavy (non-hydrogen) atoms. The second-order valence-corrected chi connectivity index (χ2v) is 3.02. The molecule has 0 aromatic rings. The standard InChI is InChI=1S/C6H12O5S/c1-5(3-6(7)10-2)4-11-12(8)9/h5H,3-4H2,1-2H3,(H,8,9)/p-1. The summed E-state index contributed by atoms with van der Waals surface area (Å²) < 4.78 is 28.5. The Balaban J connectivity index is 3.52. The smallest absolute Gasteiger partial charge is 0.305 e. The van der Waals surface area contributed by atoms with Crippen LogP contribution in [0.2, 0.25) is 0 Å². The first kappa shape index (κ1) is 11.5. The summed E-state index contributed by atoms with van der Waals surface area (Å²) in [6.07, 6.45) is 0.160. The summed E-state index contributed by atoms with van der Waals surface area (Å²) in [5, 5.41) is 0. The maximum Gasteiger partial charge on any atom is 0.305 e. The van der Waals surface area contributed by atoms with Crippen molar-refractivity contribution in [1.29, 1.82) is 0 Å². The molecule has 6 heteroatoms. The molecule has 0 N–H and O–H groups in total. The Hall–Kier alpha value is -0.460. The minimum atomic E-state index is -2.51. The first-order chi connectivity index (χ1) is 5.56. The van der Waals surface area contributed by atoms with Crippen LogP contribution in [0.1, 0.15) is 13.3 Å². The van der Waals surface area contributed by atoms with Crippen molar-refractivity contribution >= 4 is 17.3 Å². The fraction of sp³-hybridized carbons (Fsp3) is 0.833. The Labute approximate surface area is 73.5 Å². The van der Waals surface area contributed by atoms with E-state index in [-0.39, 0.29) is 24.9 Å². The summed E-state index contributed by atoms with van der Waals surface area (Å²) in [5.74, 6) is -0.530. The molecule has 0 heterocycles. The zero-order valence-electron chi connectivity index (χ0n) is 6.94. The number of rotatable bonds is 5. The summed E-state index contributed by atoms with van der Waals surface area (Å²) in [5.41, 5.74) is 0. The predicted molar refractivity (Wildman–Crippen MR) is 40.7 cm³/mol. The summed E-state index contributed by atoms with van der Waals surface area (Å²) in [7, 11) is 1.28. The van der Waals surface area contributed by atoms with Gasteiger partial charge in [-0.25, -0.2) is 4.21 Å². The summed E-state index contributed by atoms with van der Waals surface area (Å²) in [4.78, 5) is 10.6. The largest absolute Gasteiger partial charge is 0.750 e. The third kappa shape index (κ3) is 6.26. The first-order valence-electron chi connectivity index (χ1n) is 3.35. The molecule has 0 fully saturated rings. The molecule has 2 atom stereocenters. The molecular weight excluding hydrogens is 184 g/mol. The van der Waals surface area contributed by atoms with Gasteiger partial charge in [-0.15, -0.1) is 0 Å². The highest BCUT2D eigenvalue weighted by molar-refractivity contribution is 7.74. The van der Waals surface area contributed by atoms with E-state index in [1.807, 2.05) is 0 Å². The highest BCUT2D eigenvalue weighted by atomic mass is 32.2. The van der Waals surface area contributed by atoms with Crippen molar-refractivity contribution in [3.05, 3.63) is 0 Å². The highest BCUT2D eigenvalue weighted by Gasteiger charge is 2.08. The van der Waals surface area contributed by atoms with Crippen LogP contribution in [0.25, 0.3) is 0 Å². The van der Waals surface area contributed by atoms with Crippen molar-refractivity contribution in [2.75, 3.05) is 13.7 Å². The average molecular weight is 195 g/mol. The molecule has 0 saturated heterocycles. The van der Waals surface area contributed by atoms with E-state index in [9.17, 15) is 13.6 Å². The normalized spacial score (nSPS) is 15.2. The number of esters is 1. The average Bonchev–Trinajstić information content (AvgIpc) is 2.00. The van der Waals surface area contributed by atoms with Crippen molar-refractivity contribution in [3.8, 4) is 0 Å². The molecule has 0 aliphatic rings. The number of hydrogen-bond acceptors (Lipinski definition) is 5. The lowest BCUT2D eigenvalue weighted by atomic mass is 10.1. The summed E-state index contributed by atoms with van der Waals surface area (Å²) in [6.45, 7) is 1.70. The Morgan fingerprint density at radius 2 is 2.25 bits per heavy atom. The molecule has 0 aliphatic heterocycles. The molecule has 0 aliphatic carbocycles. The van der Waals surface area contributed by atoms with Gasteiger partial charge in [0.05, 0.1) is 31.5 Å². The van der Waals surface area contributed by atoms with Crippen molar-refractivity contribution < 1.29 is 22.5 Å². The van der Waals surface area contributed by atoms with E-state index in [1.165, 1.54) is 7.11 Å². The molecule has 2 unspecified atom stereocenters. The molecule has 0 radical (unpaired) electrons. The maximum absolute atomic E-state index is 10.6. The topological polar surface area (TPSA) is 75.7 Å². The SMILES string of the molecule is COC(=O)CC(C)COS(=O)[O-]. The fourth-order valence-electron chi connectivity index (χ4n) is 0.598. The zero-order valence-corrected chi connectivity index (χ0v) is 7.76. The zero-order chi connectivity index (χ0) is 9.56. The Bertz CT molecular complexity index is 169. The number of carbonyl (C=O) groups excluding carboxylic acids is 1. The summed E-state index contributed by atoms with van der Waals surface area (Å²) >= 11 is -2.51. The number of methoxy groups -OCH3 is 1. The van der Waals surface area contributed by atoms with Crippen LogP contribution in [0.5, 0.6) is 0 Å². The van der Waals surface area contributed by atoms with E-state index >= 15 is 0 Å². The lowest BCUT2D eigenvalue weighted by Gasteiger charge is -2.10. The number of carbonyl (C=O) groups is 1. The van der Waals surface area contributed by atoms with Gasteiger partial charge in [-0.1, -0.05) is 6.92 Å². The number of ether oxygens (including phenoxy) is 1. The second-order valence-electron chi connectivity index (χ2n) is 2.37. The van der Waals surface area contributed by atoms with Gasteiger partial charge in [-0.2, -0.15) is 0 Å². The highest BCUT2D eigenvalue weighted by Crippen LogP contribution is 2.03. The van der Waals surface area contributed by atoms with E-state index in [1.54, 1.807) is 6.92 Å². The minimum absolute atomic E-state index is 0.00517. The van der Waals surface area contributed by atoms with Gasteiger partial charge < -0.3 is 13.5 Å². The van der Waals surface area contributed by atoms with Gasteiger partial charge in [0.15, 0.2) is 0 Å². The lowest BCUT2D eigenvalue weighted by molar-refractivity contribution is -0.141. The van der Waals surface area contributed by atoms with Gasteiger partial charge >= 0.3 is 5.97 Å². The molecule has 0 amide bonds. The van der Waals surface area contributed by atoms with Gasteiger partial charge in [-0.05, 0) is 5.92 Å². The van der Waals surface area contributed by atoms with Gasteiger partial charge in [-0.3, -0.25) is 4.79 Å². The predicted octanol–water partition coefficient (Wildman–Crippen LogP) is -0.00370. The molecule has 0 aromatic carbocycles. The van der Waals surface area contributed by atoms with Crippen LogP contribution in [0, 0.1) is 5.92 Å². The van der Waals surface area contributed by atoms with Crippen molar-refractivity contribution in [3.63, 3.8) is 0 Å². The van der Waals surface area contributed by atoms with Crippen LogP contribution in [0.3, 0.4) is 0 Å². The van der Waals surface area contributed by atoms with Crippen LogP contribution in [0.15, 0.2) is 0 Å². The Kier molecular flexibility index (Phi) is 5.87. The van der Waals surface area contributed by atoms with E-state index in [2.05, 4.69) is 8.92 Å². The number of hydrogen-bond donors (Lipinski definition) is 0.